The van der Waals surface area contributed by atoms with Crippen LogP contribution in [-0.2, 0) is 6.54 Å². The van der Waals surface area contributed by atoms with Gasteiger partial charge < -0.3 is 10.2 Å². The van der Waals surface area contributed by atoms with Crippen LogP contribution in [0.5, 0.6) is 0 Å². The Morgan fingerprint density at radius 1 is 1.18 bits per heavy atom. The molecule has 1 aromatic heterocycles. The summed E-state index contributed by atoms with van der Waals surface area (Å²) in [4.78, 5) is 8.59. The molecule has 0 bridgehead atoms. The van der Waals surface area contributed by atoms with Gasteiger partial charge in [-0.3, -0.25) is 0 Å². The number of thiazole rings is 1. The second-order valence-electron chi connectivity index (χ2n) is 4.79. The highest BCUT2D eigenvalue weighted by Crippen LogP contribution is 2.27. The predicted molar refractivity (Wildman–Crippen MR) is 74.9 cm³/mol. The average molecular weight is 253 g/mol. The van der Waals surface area contributed by atoms with Crippen molar-refractivity contribution in [2.75, 3.05) is 25.0 Å². The topological polar surface area (TPSA) is 28.2 Å². The van der Waals surface area contributed by atoms with Gasteiger partial charge in [-0.05, 0) is 26.8 Å². The van der Waals surface area contributed by atoms with Crippen molar-refractivity contribution < 1.29 is 0 Å². The van der Waals surface area contributed by atoms with E-state index in [2.05, 4.69) is 17.1 Å². The maximum Gasteiger partial charge on any atom is 0.185 e. The van der Waals surface area contributed by atoms with Gasteiger partial charge in [-0.2, -0.15) is 0 Å². The molecule has 0 aromatic carbocycles. The Hall–Kier alpha value is -0.610. The number of rotatable bonds is 3. The molecule has 2 heterocycles. The van der Waals surface area contributed by atoms with Crippen molar-refractivity contribution >= 4 is 16.5 Å². The Morgan fingerprint density at radius 2 is 1.82 bits per heavy atom. The number of anilines is 1. The molecular formula is C13H23N3S. The van der Waals surface area contributed by atoms with E-state index in [1.54, 1.807) is 0 Å². The maximum absolute atomic E-state index is 4.73. The summed E-state index contributed by atoms with van der Waals surface area (Å²) in [6, 6.07) is 0. The summed E-state index contributed by atoms with van der Waals surface area (Å²) >= 11 is 1.86. The molecule has 0 atom stereocenters. The van der Waals surface area contributed by atoms with Crippen LogP contribution in [0.1, 0.15) is 42.7 Å². The van der Waals surface area contributed by atoms with Crippen LogP contribution in [0.25, 0.3) is 0 Å². The predicted octanol–water partition coefficient (Wildman–Crippen LogP) is 2.94. The molecule has 1 saturated heterocycles. The Bertz CT molecular complexity index is 340. The largest absolute Gasteiger partial charge is 0.348 e. The zero-order chi connectivity index (χ0) is 12.1. The van der Waals surface area contributed by atoms with E-state index in [9.17, 15) is 0 Å². The lowest BCUT2D eigenvalue weighted by molar-refractivity contribution is 0.556. The smallest absolute Gasteiger partial charge is 0.185 e. The Labute approximate surface area is 108 Å². The molecule has 96 valence electrons. The second kappa shape index (κ2) is 6.36. The van der Waals surface area contributed by atoms with Gasteiger partial charge in [0.05, 0.1) is 5.69 Å². The van der Waals surface area contributed by atoms with Gasteiger partial charge in [-0.25, -0.2) is 4.98 Å². The van der Waals surface area contributed by atoms with Gasteiger partial charge in [-0.15, -0.1) is 11.3 Å². The van der Waals surface area contributed by atoms with Crippen molar-refractivity contribution in [1.82, 2.24) is 10.3 Å². The first-order valence-corrected chi connectivity index (χ1v) is 7.49. The van der Waals surface area contributed by atoms with Crippen LogP contribution in [0.4, 0.5) is 5.13 Å². The molecule has 0 aliphatic carbocycles. The van der Waals surface area contributed by atoms with Gasteiger partial charge >= 0.3 is 0 Å². The highest BCUT2D eigenvalue weighted by molar-refractivity contribution is 7.15. The van der Waals surface area contributed by atoms with Gasteiger partial charge in [0.2, 0.25) is 0 Å². The molecule has 1 N–H and O–H groups in total. The van der Waals surface area contributed by atoms with Crippen LogP contribution in [0, 0.1) is 6.92 Å². The van der Waals surface area contributed by atoms with Gasteiger partial charge in [0.1, 0.15) is 0 Å². The minimum Gasteiger partial charge on any atom is -0.348 e. The minimum atomic E-state index is 0.942. The van der Waals surface area contributed by atoms with E-state index in [0.29, 0.717) is 0 Å². The first kappa shape index (κ1) is 12.8. The lowest BCUT2D eigenvalue weighted by atomic mass is 10.1. The van der Waals surface area contributed by atoms with E-state index in [1.165, 1.54) is 60.9 Å². The number of hydrogen-bond acceptors (Lipinski definition) is 4. The molecule has 0 amide bonds. The third-order valence-electron chi connectivity index (χ3n) is 3.35. The first-order valence-electron chi connectivity index (χ1n) is 6.67. The van der Waals surface area contributed by atoms with Crippen LogP contribution in [0.2, 0.25) is 0 Å². The highest BCUT2D eigenvalue weighted by Gasteiger charge is 2.14. The van der Waals surface area contributed by atoms with Crippen molar-refractivity contribution in [3.8, 4) is 0 Å². The fourth-order valence-corrected chi connectivity index (χ4v) is 3.44. The lowest BCUT2D eigenvalue weighted by Crippen LogP contribution is -2.26. The third-order valence-corrected chi connectivity index (χ3v) is 4.56. The van der Waals surface area contributed by atoms with E-state index in [-0.39, 0.29) is 0 Å². The first-order chi connectivity index (χ1) is 8.31. The minimum absolute atomic E-state index is 0.942. The SMILES string of the molecule is CNCc1sc(N2CCCCCCC2)nc1C. The van der Waals surface area contributed by atoms with E-state index in [0.717, 1.165) is 6.54 Å². The van der Waals surface area contributed by atoms with E-state index in [4.69, 9.17) is 4.98 Å². The van der Waals surface area contributed by atoms with Crippen LogP contribution >= 0.6 is 11.3 Å². The zero-order valence-electron chi connectivity index (χ0n) is 11.0. The Morgan fingerprint density at radius 3 is 2.47 bits per heavy atom. The van der Waals surface area contributed by atoms with Crippen molar-refractivity contribution in [3.63, 3.8) is 0 Å². The zero-order valence-corrected chi connectivity index (χ0v) is 11.8. The Kier molecular flexibility index (Phi) is 4.80. The van der Waals surface area contributed by atoms with Crippen LogP contribution < -0.4 is 10.2 Å². The second-order valence-corrected chi connectivity index (χ2v) is 5.85. The molecule has 0 radical (unpaired) electrons. The van der Waals surface area contributed by atoms with E-state index < -0.39 is 0 Å². The van der Waals surface area contributed by atoms with Gasteiger partial charge in [0.15, 0.2) is 5.13 Å². The van der Waals surface area contributed by atoms with Gasteiger partial charge in [0.25, 0.3) is 0 Å². The standard InChI is InChI=1S/C13H23N3S/c1-11-12(10-14-2)17-13(15-11)16-8-6-4-3-5-7-9-16/h14H,3-10H2,1-2H3. The molecule has 2 rings (SSSR count). The normalized spacial score (nSPS) is 17.9. The van der Waals surface area contributed by atoms with Gasteiger partial charge in [-0.1, -0.05) is 19.3 Å². The summed E-state index contributed by atoms with van der Waals surface area (Å²) in [6.45, 7) is 5.44. The highest BCUT2D eigenvalue weighted by atomic mass is 32.1. The number of hydrogen-bond donors (Lipinski definition) is 1. The van der Waals surface area contributed by atoms with Crippen molar-refractivity contribution in [1.29, 1.82) is 0 Å². The van der Waals surface area contributed by atoms with Gasteiger partial charge in [0, 0.05) is 24.5 Å². The maximum atomic E-state index is 4.73. The Balaban J connectivity index is 2.06. The molecule has 0 unspecified atom stereocenters. The number of aromatic nitrogens is 1. The molecule has 0 saturated carbocycles. The van der Waals surface area contributed by atoms with E-state index >= 15 is 0 Å². The molecule has 1 aliphatic rings. The molecular weight excluding hydrogens is 230 g/mol. The summed E-state index contributed by atoms with van der Waals surface area (Å²) in [5.41, 5.74) is 1.20. The van der Waals surface area contributed by atoms with Crippen LogP contribution in [0.15, 0.2) is 0 Å². The number of nitrogens with zero attached hydrogens (tertiary/aromatic N) is 2. The summed E-state index contributed by atoms with van der Waals surface area (Å²) in [6.07, 6.45) is 6.81. The van der Waals surface area contributed by atoms with Crippen molar-refractivity contribution in [2.24, 2.45) is 0 Å². The lowest BCUT2D eigenvalue weighted by Gasteiger charge is -2.23. The quantitative estimate of drug-likeness (QED) is 0.897. The summed E-state index contributed by atoms with van der Waals surface area (Å²) < 4.78 is 0. The molecule has 17 heavy (non-hydrogen) atoms. The fourth-order valence-electron chi connectivity index (χ4n) is 2.31. The average Bonchev–Trinajstić information content (AvgIpc) is 2.60. The van der Waals surface area contributed by atoms with Crippen molar-refractivity contribution in [3.05, 3.63) is 10.6 Å². The molecule has 4 heteroatoms. The molecule has 0 spiro atoms. The monoisotopic (exact) mass is 253 g/mol. The molecule has 1 fully saturated rings. The molecule has 1 aromatic rings. The number of aryl methyl sites for hydroxylation is 1. The summed E-state index contributed by atoms with van der Waals surface area (Å²) in [7, 11) is 1.99. The molecule has 3 nitrogen and oxygen atoms in total. The fraction of sp³-hybridized carbons (Fsp3) is 0.769. The van der Waals surface area contributed by atoms with Crippen molar-refractivity contribution in [2.45, 2.75) is 45.6 Å². The molecule has 1 aliphatic heterocycles. The summed E-state index contributed by atoms with van der Waals surface area (Å²) in [5.74, 6) is 0. The van der Waals surface area contributed by atoms with Crippen LogP contribution in [-0.4, -0.2) is 25.1 Å². The van der Waals surface area contributed by atoms with Crippen LogP contribution in [0.3, 0.4) is 0 Å². The number of nitrogens with one attached hydrogen (secondary N) is 1. The third kappa shape index (κ3) is 3.42. The summed E-state index contributed by atoms with van der Waals surface area (Å²) in [5, 5.41) is 4.45. The van der Waals surface area contributed by atoms with E-state index in [1.807, 2.05) is 18.4 Å².